The number of hydrogen-bond donors (Lipinski definition) is 0. The molecule has 1 atom stereocenters. The van der Waals surface area contributed by atoms with E-state index in [4.69, 9.17) is 4.74 Å². The van der Waals surface area contributed by atoms with Gasteiger partial charge < -0.3 is 4.74 Å². The lowest BCUT2D eigenvalue weighted by molar-refractivity contribution is -0.155. The number of ether oxygens (including phenoxy) is 1. The number of aryl methyl sites for hydroxylation is 1. The molecule has 1 unspecified atom stereocenters. The van der Waals surface area contributed by atoms with Crippen LogP contribution in [0, 0.1) is 12.8 Å². The van der Waals surface area contributed by atoms with Gasteiger partial charge >= 0.3 is 5.97 Å². The number of halogens is 2. The molecule has 2 rings (SSSR count). The number of esters is 1. The normalized spacial score (nSPS) is 11.9. The van der Waals surface area contributed by atoms with Crippen LogP contribution in [0.3, 0.4) is 0 Å². The second-order valence-electron chi connectivity index (χ2n) is 11.4. The molecule has 38 heavy (non-hydrogen) atoms. The van der Waals surface area contributed by atoms with Crippen LogP contribution in [-0.2, 0) is 16.0 Å². The summed E-state index contributed by atoms with van der Waals surface area (Å²) in [5.41, 5.74) is 3.29. The number of benzene rings is 1. The molecule has 0 saturated heterocycles. The van der Waals surface area contributed by atoms with Crippen molar-refractivity contribution in [2.24, 2.45) is 5.92 Å². The quantitative estimate of drug-likeness (QED) is 0.212. The van der Waals surface area contributed by atoms with Crippen LogP contribution in [0.15, 0.2) is 30.3 Å². The number of nitrogens with zero attached hydrogens (tertiary/aromatic N) is 2. The fourth-order valence-corrected chi connectivity index (χ4v) is 3.60. The number of carbonyl (C=O) groups is 1. The minimum atomic E-state index is -2.30. The van der Waals surface area contributed by atoms with Crippen molar-refractivity contribution in [2.75, 3.05) is 0 Å². The highest BCUT2D eigenvalue weighted by molar-refractivity contribution is 5.70. The van der Waals surface area contributed by atoms with Crippen LogP contribution in [0.2, 0.25) is 0 Å². The van der Waals surface area contributed by atoms with E-state index in [1.54, 1.807) is 12.1 Å². The van der Waals surface area contributed by atoms with Crippen molar-refractivity contribution in [1.82, 2.24) is 9.78 Å². The largest absolute Gasteiger partial charge is 0.460 e. The summed E-state index contributed by atoms with van der Waals surface area (Å²) in [4.78, 5) is 11.5. The van der Waals surface area contributed by atoms with E-state index in [0.29, 0.717) is 23.8 Å². The highest BCUT2D eigenvalue weighted by Gasteiger charge is 2.18. The third-order valence-corrected chi connectivity index (χ3v) is 5.76. The summed E-state index contributed by atoms with van der Waals surface area (Å²) in [6.45, 7) is 20.6. The summed E-state index contributed by atoms with van der Waals surface area (Å²) in [5.74, 6) is 0.750. The maximum atomic E-state index is 12.3. The van der Waals surface area contributed by atoms with Gasteiger partial charge in [0.2, 0.25) is 6.43 Å². The summed E-state index contributed by atoms with van der Waals surface area (Å²) >= 11 is 0. The van der Waals surface area contributed by atoms with Crippen LogP contribution < -0.4 is 0 Å². The number of rotatable bonds is 11. The Hall–Kier alpha value is -2.24. The fraction of sp³-hybridized carbons (Fsp3) is 0.688. The third-order valence-electron chi connectivity index (χ3n) is 5.76. The molecule has 0 amide bonds. The summed E-state index contributed by atoms with van der Waals surface area (Å²) < 4.78 is 31.8. The Balaban J connectivity index is 0.000000647. The summed E-state index contributed by atoms with van der Waals surface area (Å²) in [6, 6.07) is 9.22. The Morgan fingerprint density at radius 2 is 1.55 bits per heavy atom. The molecule has 0 aliphatic carbocycles. The molecule has 0 fully saturated rings. The molecule has 0 N–H and O–H groups in total. The lowest BCUT2D eigenvalue weighted by Crippen LogP contribution is -2.24. The SMILES string of the molecule is CCCC.CCCCCC(C)CC(=O)OC(C)(C)C.Cc1cc(C(C)C)n(-c2ccc(CC(F)F)cc2)n1. The summed E-state index contributed by atoms with van der Waals surface area (Å²) in [7, 11) is 0. The molecular formula is C32H54F2N2O2. The Labute approximate surface area is 231 Å². The van der Waals surface area contributed by atoms with Gasteiger partial charge in [-0.25, -0.2) is 13.5 Å². The van der Waals surface area contributed by atoms with Gasteiger partial charge in [0.05, 0.1) is 11.4 Å². The average Bonchev–Trinajstić information content (AvgIpc) is 3.20. The third kappa shape index (κ3) is 16.6. The predicted molar refractivity (Wildman–Crippen MR) is 156 cm³/mol. The number of hydrogen-bond acceptors (Lipinski definition) is 3. The van der Waals surface area contributed by atoms with Crippen LogP contribution in [-0.4, -0.2) is 27.8 Å². The molecule has 1 aromatic carbocycles. The van der Waals surface area contributed by atoms with E-state index in [1.807, 2.05) is 44.5 Å². The van der Waals surface area contributed by atoms with Gasteiger partial charge in [0.25, 0.3) is 0 Å². The van der Waals surface area contributed by atoms with Gasteiger partial charge in [0, 0.05) is 18.5 Å². The molecule has 0 aliphatic heterocycles. The van der Waals surface area contributed by atoms with E-state index >= 15 is 0 Å². The monoisotopic (exact) mass is 536 g/mol. The maximum Gasteiger partial charge on any atom is 0.306 e. The van der Waals surface area contributed by atoms with Crippen molar-refractivity contribution in [3.63, 3.8) is 0 Å². The van der Waals surface area contributed by atoms with Crippen molar-refractivity contribution in [3.8, 4) is 5.69 Å². The molecule has 4 nitrogen and oxygen atoms in total. The maximum absolute atomic E-state index is 12.3. The number of carbonyl (C=O) groups excluding carboxylic acids is 1. The molecule has 218 valence electrons. The predicted octanol–water partition coefficient (Wildman–Crippen LogP) is 9.85. The number of alkyl halides is 2. The molecule has 6 heteroatoms. The molecular weight excluding hydrogens is 482 g/mol. The Bertz CT molecular complexity index is 882. The van der Waals surface area contributed by atoms with Gasteiger partial charge in [-0.2, -0.15) is 5.10 Å². The van der Waals surface area contributed by atoms with E-state index in [0.717, 1.165) is 23.5 Å². The van der Waals surface area contributed by atoms with Crippen molar-refractivity contribution < 1.29 is 18.3 Å². The first-order valence-electron chi connectivity index (χ1n) is 14.4. The van der Waals surface area contributed by atoms with Crippen LogP contribution in [0.4, 0.5) is 8.78 Å². The molecule has 0 spiro atoms. The van der Waals surface area contributed by atoms with Gasteiger partial charge in [-0.05, 0) is 63.3 Å². The van der Waals surface area contributed by atoms with Gasteiger partial charge in [0.1, 0.15) is 5.60 Å². The molecule has 0 aliphatic rings. The zero-order valence-electron chi connectivity index (χ0n) is 25.7. The lowest BCUT2D eigenvalue weighted by Gasteiger charge is -2.20. The molecule has 2 aromatic rings. The van der Waals surface area contributed by atoms with Crippen LogP contribution >= 0.6 is 0 Å². The van der Waals surface area contributed by atoms with Gasteiger partial charge in [-0.15, -0.1) is 0 Å². The zero-order valence-corrected chi connectivity index (χ0v) is 25.7. The van der Waals surface area contributed by atoms with Gasteiger partial charge in [-0.1, -0.05) is 92.2 Å². The van der Waals surface area contributed by atoms with Crippen molar-refractivity contribution in [1.29, 1.82) is 0 Å². The average molecular weight is 537 g/mol. The Morgan fingerprint density at radius 1 is 0.974 bits per heavy atom. The summed E-state index contributed by atoms with van der Waals surface area (Å²) in [6.07, 6.45) is 5.55. The first-order valence-corrected chi connectivity index (χ1v) is 14.4. The first-order chi connectivity index (χ1) is 17.7. The minimum Gasteiger partial charge on any atom is -0.460 e. The number of unbranched alkanes of at least 4 members (excludes halogenated alkanes) is 3. The second-order valence-corrected chi connectivity index (χ2v) is 11.4. The van der Waals surface area contributed by atoms with Gasteiger partial charge in [-0.3, -0.25) is 4.79 Å². The van der Waals surface area contributed by atoms with Crippen LogP contribution in [0.5, 0.6) is 0 Å². The Kier molecular flexibility index (Phi) is 17.8. The van der Waals surface area contributed by atoms with E-state index in [-0.39, 0.29) is 18.0 Å². The standard InChI is InChI=1S/C15H18F2N2.C13H26O2.C4H10/c1-10(2)14-8-11(3)18-19(14)13-6-4-12(5-7-13)9-15(16)17;1-6-7-8-9-11(2)10-12(14)15-13(3,4)5;1-3-4-2/h4-8,10,15H,9H2,1-3H3;11H,6-10H2,1-5H3;3-4H2,1-2H3. The molecule has 0 saturated carbocycles. The zero-order chi connectivity index (χ0) is 29.3. The minimum absolute atomic E-state index is 0.0634. The van der Waals surface area contributed by atoms with E-state index < -0.39 is 6.43 Å². The van der Waals surface area contributed by atoms with Crippen molar-refractivity contribution in [3.05, 3.63) is 47.3 Å². The summed E-state index contributed by atoms with van der Waals surface area (Å²) in [5, 5.41) is 4.46. The van der Waals surface area contributed by atoms with Crippen molar-refractivity contribution in [2.45, 2.75) is 139 Å². The van der Waals surface area contributed by atoms with E-state index in [9.17, 15) is 13.6 Å². The Morgan fingerprint density at radius 3 is 2.00 bits per heavy atom. The first kappa shape index (κ1) is 35.8. The molecule has 1 heterocycles. The molecule has 0 radical (unpaired) electrons. The smallest absolute Gasteiger partial charge is 0.306 e. The highest BCUT2D eigenvalue weighted by Crippen LogP contribution is 2.21. The van der Waals surface area contributed by atoms with Crippen LogP contribution in [0.1, 0.15) is 130 Å². The molecule has 0 bridgehead atoms. The van der Waals surface area contributed by atoms with Crippen LogP contribution in [0.25, 0.3) is 5.69 Å². The highest BCUT2D eigenvalue weighted by atomic mass is 19.3. The van der Waals surface area contributed by atoms with E-state index in [2.05, 4.69) is 52.7 Å². The van der Waals surface area contributed by atoms with Crippen molar-refractivity contribution >= 4 is 5.97 Å². The second kappa shape index (κ2) is 18.9. The number of aromatic nitrogens is 2. The topological polar surface area (TPSA) is 44.1 Å². The van der Waals surface area contributed by atoms with Gasteiger partial charge in [0.15, 0.2) is 0 Å². The van der Waals surface area contributed by atoms with E-state index in [1.165, 1.54) is 32.1 Å². The lowest BCUT2D eigenvalue weighted by atomic mass is 10.00. The fourth-order valence-electron chi connectivity index (χ4n) is 3.60. The molecule has 1 aromatic heterocycles.